The fourth-order valence-corrected chi connectivity index (χ4v) is 4.55. The molecule has 0 atom stereocenters. The minimum Gasteiger partial charge on any atom is -0.348 e. The molecule has 0 saturated carbocycles. The summed E-state index contributed by atoms with van der Waals surface area (Å²) in [6, 6.07) is 4.96. The van der Waals surface area contributed by atoms with Gasteiger partial charge in [-0.05, 0) is 37.9 Å². The number of hydrogen-bond donors (Lipinski definition) is 1. The fraction of sp³-hybridized carbons (Fsp3) is 0.471. The van der Waals surface area contributed by atoms with E-state index in [1.807, 2.05) is 0 Å². The molecular weight excluding hydrogens is 335 g/mol. The third kappa shape index (κ3) is 3.52. The molecule has 6 heteroatoms. The number of piperidine rings is 1. The Morgan fingerprint density at radius 3 is 2.83 bits per heavy atom. The molecule has 124 valence electrons. The Labute approximate surface area is 144 Å². The van der Waals surface area contributed by atoms with Crippen LogP contribution >= 0.6 is 22.9 Å². The highest BCUT2D eigenvalue weighted by Gasteiger charge is 2.24. The first kappa shape index (κ1) is 16.7. The molecule has 1 aliphatic heterocycles. The lowest BCUT2D eigenvalue weighted by Gasteiger charge is -2.32. The second-order valence-corrected chi connectivity index (χ2v) is 7.38. The Balaban J connectivity index is 1.70. The molecule has 1 amide bonds. The van der Waals surface area contributed by atoms with Crippen LogP contribution in [0.4, 0.5) is 4.39 Å². The number of rotatable bonds is 4. The Kier molecular flexibility index (Phi) is 5.19. The highest BCUT2D eigenvalue weighted by atomic mass is 35.5. The maximum absolute atomic E-state index is 13.9. The van der Waals surface area contributed by atoms with E-state index in [1.165, 1.54) is 17.4 Å². The molecule has 2 heterocycles. The van der Waals surface area contributed by atoms with Crippen molar-refractivity contribution in [1.82, 2.24) is 10.2 Å². The summed E-state index contributed by atoms with van der Waals surface area (Å²) < 4.78 is 14.6. The maximum atomic E-state index is 13.9. The molecule has 3 nitrogen and oxygen atoms in total. The van der Waals surface area contributed by atoms with Crippen LogP contribution in [0.1, 0.15) is 35.9 Å². The quantitative estimate of drug-likeness (QED) is 0.887. The van der Waals surface area contributed by atoms with Crippen molar-refractivity contribution in [1.29, 1.82) is 0 Å². The van der Waals surface area contributed by atoms with Crippen LogP contribution in [0.15, 0.2) is 18.2 Å². The molecular formula is C17H20ClFN2OS. The summed E-state index contributed by atoms with van der Waals surface area (Å²) >= 11 is 7.49. The number of nitrogens with zero attached hydrogens (tertiary/aromatic N) is 1. The van der Waals surface area contributed by atoms with Crippen LogP contribution in [0.25, 0.3) is 10.1 Å². The molecule has 1 aliphatic rings. The lowest BCUT2D eigenvalue weighted by atomic mass is 10.0. The number of hydrogen-bond acceptors (Lipinski definition) is 3. The zero-order valence-corrected chi connectivity index (χ0v) is 14.6. The number of nitrogens with one attached hydrogen (secondary N) is 1. The van der Waals surface area contributed by atoms with E-state index in [0.29, 0.717) is 15.0 Å². The summed E-state index contributed by atoms with van der Waals surface area (Å²) in [5.74, 6) is -0.569. The topological polar surface area (TPSA) is 32.3 Å². The summed E-state index contributed by atoms with van der Waals surface area (Å²) in [4.78, 5) is 15.3. The molecule has 0 spiro atoms. The lowest BCUT2D eigenvalue weighted by Crippen LogP contribution is -2.44. The van der Waals surface area contributed by atoms with Crippen LogP contribution in [0.5, 0.6) is 0 Å². The van der Waals surface area contributed by atoms with Gasteiger partial charge in [0.1, 0.15) is 10.7 Å². The zero-order valence-electron chi connectivity index (χ0n) is 13.1. The first-order valence-electron chi connectivity index (χ1n) is 8.00. The van der Waals surface area contributed by atoms with Gasteiger partial charge >= 0.3 is 0 Å². The van der Waals surface area contributed by atoms with Gasteiger partial charge in [0.15, 0.2) is 0 Å². The summed E-state index contributed by atoms with van der Waals surface area (Å²) in [5.41, 5.74) is 0. The van der Waals surface area contributed by atoms with Crippen molar-refractivity contribution in [2.24, 2.45) is 0 Å². The normalized spacial score (nSPS) is 16.8. The fourth-order valence-electron chi connectivity index (χ4n) is 3.08. The van der Waals surface area contributed by atoms with Crippen molar-refractivity contribution in [3.63, 3.8) is 0 Å². The molecule has 1 aromatic heterocycles. The van der Waals surface area contributed by atoms with Gasteiger partial charge in [0.2, 0.25) is 0 Å². The smallest absolute Gasteiger partial charge is 0.263 e. The van der Waals surface area contributed by atoms with Gasteiger partial charge in [0.05, 0.1) is 5.02 Å². The van der Waals surface area contributed by atoms with Crippen LogP contribution in [0, 0.1) is 5.82 Å². The Morgan fingerprint density at radius 2 is 2.17 bits per heavy atom. The average molecular weight is 355 g/mol. The second-order valence-electron chi connectivity index (χ2n) is 5.95. The van der Waals surface area contributed by atoms with Gasteiger partial charge in [-0.15, -0.1) is 11.3 Å². The Bertz CT molecular complexity index is 710. The minimum absolute atomic E-state index is 0.168. The van der Waals surface area contributed by atoms with E-state index in [0.717, 1.165) is 38.9 Å². The highest BCUT2D eigenvalue weighted by molar-refractivity contribution is 7.21. The van der Waals surface area contributed by atoms with Crippen molar-refractivity contribution < 1.29 is 9.18 Å². The van der Waals surface area contributed by atoms with Crippen LogP contribution in [-0.4, -0.2) is 36.5 Å². The average Bonchev–Trinajstić information content (AvgIpc) is 2.88. The standard InChI is InChI=1S/C17H20ClFN2OS/c1-2-8-21-9-6-11(7-10-21)20-17(22)16-15(18)14-12(19)4-3-5-13(14)23-16/h3-5,11H,2,6-10H2,1H3,(H,20,22). The molecule has 1 fully saturated rings. The van der Waals surface area contributed by atoms with E-state index < -0.39 is 0 Å². The molecule has 0 radical (unpaired) electrons. The van der Waals surface area contributed by atoms with Crippen LogP contribution in [0.3, 0.4) is 0 Å². The summed E-state index contributed by atoms with van der Waals surface area (Å²) in [6.07, 6.45) is 3.05. The van der Waals surface area contributed by atoms with Gasteiger partial charge in [0, 0.05) is 29.2 Å². The predicted octanol–water partition coefficient (Wildman–Crippen LogP) is 4.30. The van der Waals surface area contributed by atoms with E-state index in [-0.39, 0.29) is 22.8 Å². The molecule has 0 bridgehead atoms. The number of thiophene rings is 1. The van der Waals surface area contributed by atoms with Gasteiger partial charge in [0.25, 0.3) is 5.91 Å². The molecule has 1 aromatic carbocycles. The van der Waals surface area contributed by atoms with E-state index in [4.69, 9.17) is 11.6 Å². The van der Waals surface area contributed by atoms with Crippen molar-refractivity contribution in [2.45, 2.75) is 32.2 Å². The zero-order chi connectivity index (χ0) is 16.4. The van der Waals surface area contributed by atoms with E-state index >= 15 is 0 Å². The van der Waals surface area contributed by atoms with Crippen LogP contribution < -0.4 is 5.32 Å². The highest BCUT2D eigenvalue weighted by Crippen LogP contribution is 2.36. The summed E-state index contributed by atoms with van der Waals surface area (Å²) in [6.45, 7) is 5.31. The molecule has 3 rings (SSSR count). The van der Waals surface area contributed by atoms with E-state index in [2.05, 4.69) is 17.1 Å². The maximum Gasteiger partial charge on any atom is 0.263 e. The Morgan fingerprint density at radius 1 is 1.43 bits per heavy atom. The number of amides is 1. The minimum atomic E-state index is -0.379. The van der Waals surface area contributed by atoms with Crippen molar-refractivity contribution in [3.8, 4) is 0 Å². The first-order valence-corrected chi connectivity index (χ1v) is 9.19. The molecule has 1 saturated heterocycles. The number of halogens is 2. The van der Waals surface area contributed by atoms with Gasteiger partial charge in [-0.3, -0.25) is 4.79 Å². The van der Waals surface area contributed by atoms with E-state index in [9.17, 15) is 9.18 Å². The van der Waals surface area contributed by atoms with Crippen LogP contribution in [-0.2, 0) is 0 Å². The largest absolute Gasteiger partial charge is 0.348 e. The van der Waals surface area contributed by atoms with E-state index in [1.54, 1.807) is 12.1 Å². The second kappa shape index (κ2) is 7.16. The van der Waals surface area contributed by atoms with Gasteiger partial charge in [-0.25, -0.2) is 4.39 Å². The predicted molar refractivity (Wildman–Crippen MR) is 94.0 cm³/mol. The SMILES string of the molecule is CCCN1CCC(NC(=O)c2sc3cccc(F)c3c2Cl)CC1. The first-order chi connectivity index (χ1) is 11.1. The Hall–Kier alpha value is -1.17. The van der Waals surface area contributed by atoms with Gasteiger partial charge < -0.3 is 10.2 Å². The van der Waals surface area contributed by atoms with Crippen LogP contribution in [0.2, 0.25) is 5.02 Å². The third-order valence-electron chi connectivity index (χ3n) is 4.28. The van der Waals surface area contributed by atoms with Crippen molar-refractivity contribution in [2.75, 3.05) is 19.6 Å². The van der Waals surface area contributed by atoms with Gasteiger partial charge in [-0.1, -0.05) is 24.6 Å². The summed E-state index contributed by atoms with van der Waals surface area (Å²) in [7, 11) is 0. The van der Waals surface area contributed by atoms with Crippen molar-refractivity contribution >= 4 is 38.9 Å². The molecule has 23 heavy (non-hydrogen) atoms. The molecule has 0 aliphatic carbocycles. The number of fused-ring (bicyclic) bond motifs is 1. The molecule has 0 unspecified atom stereocenters. The molecule has 1 N–H and O–H groups in total. The number of benzene rings is 1. The number of likely N-dealkylation sites (tertiary alicyclic amines) is 1. The van der Waals surface area contributed by atoms with Gasteiger partial charge in [-0.2, -0.15) is 0 Å². The monoisotopic (exact) mass is 354 g/mol. The number of carbonyl (C=O) groups excluding carboxylic acids is 1. The van der Waals surface area contributed by atoms with Crippen molar-refractivity contribution in [3.05, 3.63) is 33.9 Å². The summed E-state index contributed by atoms with van der Waals surface area (Å²) in [5, 5.41) is 3.63. The third-order valence-corrected chi connectivity index (χ3v) is 5.92. The lowest BCUT2D eigenvalue weighted by molar-refractivity contribution is 0.0915. The molecule has 2 aromatic rings. The number of carbonyl (C=O) groups is 1.